The molecule has 0 aliphatic heterocycles. The Morgan fingerprint density at radius 3 is 2.26 bits per heavy atom. The smallest absolute Gasteiger partial charge is 0.220 e. The van der Waals surface area contributed by atoms with E-state index in [4.69, 9.17) is 5.73 Å². The van der Waals surface area contributed by atoms with Crippen LogP contribution in [0, 0.1) is 5.41 Å². The predicted octanol–water partition coefficient (Wildman–Crippen LogP) is 4.11. The number of hydrogen-bond donors (Lipinski definition) is 2. The molecule has 0 saturated carbocycles. The number of nitrogen functional groups attached to an aromatic ring is 1. The average Bonchev–Trinajstić information content (AvgIpc) is 2.51. The average molecular weight is 310 g/mol. The van der Waals surface area contributed by atoms with Crippen LogP contribution in [-0.2, 0) is 11.2 Å². The molecule has 1 amide bonds. The number of para-hydroxylation sites is 1. The molecule has 0 aliphatic carbocycles. The Kier molecular flexibility index (Phi) is 5.43. The topological polar surface area (TPSA) is 55.1 Å². The first kappa shape index (κ1) is 17.1. The zero-order valence-corrected chi connectivity index (χ0v) is 14.2. The third kappa shape index (κ3) is 4.85. The van der Waals surface area contributed by atoms with Crippen LogP contribution in [-0.4, -0.2) is 5.91 Å². The van der Waals surface area contributed by atoms with E-state index in [1.165, 1.54) is 0 Å². The molecule has 0 fully saturated rings. The molecule has 1 unspecified atom stereocenters. The van der Waals surface area contributed by atoms with Crippen LogP contribution < -0.4 is 11.1 Å². The van der Waals surface area contributed by atoms with Gasteiger partial charge in [0.1, 0.15) is 0 Å². The Morgan fingerprint density at radius 1 is 1.04 bits per heavy atom. The molecule has 23 heavy (non-hydrogen) atoms. The molecule has 3 nitrogen and oxygen atoms in total. The number of aryl methyl sites for hydroxylation is 1. The van der Waals surface area contributed by atoms with Crippen molar-refractivity contribution >= 4 is 11.6 Å². The summed E-state index contributed by atoms with van der Waals surface area (Å²) in [7, 11) is 0. The number of nitrogens with two attached hydrogens (primary N) is 1. The van der Waals surface area contributed by atoms with Gasteiger partial charge in [0.2, 0.25) is 5.91 Å². The summed E-state index contributed by atoms with van der Waals surface area (Å²) in [4.78, 5) is 12.4. The van der Waals surface area contributed by atoms with Gasteiger partial charge < -0.3 is 11.1 Å². The van der Waals surface area contributed by atoms with E-state index in [-0.39, 0.29) is 17.4 Å². The molecule has 3 heteroatoms. The van der Waals surface area contributed by atoms with Crippen molar-refractivity contribution < 1.29 is 4.79 Å². The number of nitrogens with one attached hydrogen (secondary N) is 1. The third-order valence-electron chi connectivity index (χ3n) is 3.98. The van der Waals surface area contributed by atoms with Crippen molar-refractivity contribution in [2.24, 2.45) is 5.41 Å². The van der Waals surface area contributed by atoms with E-state index in [0.717, 1.165) is 16.8 Å². The van der Waals surface area contributed by atoms with Crippen LogP contribution in [0.4, 0.5) is 5.69 Å². The van der Waals surface area contributed by atoms with Gasteiger partial charge in [0, 0.05) is 12.1 Å². The second kappa shape index (κ2) is 7.32. The van der Waals surface area contributed by atoms with Gasteiger partial charge in [0.15, 0.2) is 0 Å². The van der Waals surface area contributed by atoms with Gasteiger partial charge in [-0.3, -0.25) is 4.79 Å². The molecule has 2 rings (SSSR count). The standard InChI is InChI=1S/C20H26N2O/c1-20(2,3)19(16-10-5-4-6-11-16)22-18(23)14-13-15-9-7-8-12-17(15)21/h4-12,19H,13-14,21H2,1-3H3,(H,22,23). The number of rotatable bonds is 5. The molecule has 2 aromatic carbocycles. The van der Waals surface area contributed by atoms with Crippen molar-refractivity contribution in [3.63, 3.8) is 0 Å². The molecule has 0 bridgehead atoms. The third-order valence-corrected chi connectivity index (χ3v) is 3.98. The molecule has 3 N–H and O–H groups in total. The molecular formula is C20H26N2O. The van der Waals surface area contributed by atoms with Crippen molar-refractivity contribution in [2.45, 2.75) is 39.7 Å². The Bertz CT molecular complexity index is 644. The summed E-state index contributed by atoms with van der Waals surface area (Å²) in [5.74, 6) is 0.0528. The summed E-state index contributed by atoms with van der Waals surface area (Å²) in [6, 6.07) is 17.8. The van der Waals surface area contributed by atoms with Crippen LogP contribution in [0.2, 0.25) is 0 Å². The summed E-state index contributed by atoms with van der Waals surface area (Å²) in [6.07, 6.45) is 1.10. The van der Waals surface area contributed by atoms with Crippen LogP contribution in [0.15, 0.2) is 54.6 Å². The highest BCUT2D eigenvalue weighted by atomic mass is 16.1. The van der Waals surface area contributed by atoms with E-state index >= 15 is 0 Å². The second-order valence-electron chi connectivity index (χ2n) is 6.98. The zero-order chi connectivity index (χ0) is 16.9. The summed E-state index contributed by atoms with van der Waals surface area (Å²) in [5.41, 5.74) is 8.78. The lowest BCUT2D eigenvalue weighted by atomic mass is 9.82. The fourth-order valence-corrected chi connectivity index (χ4v) is 2.69. The molecule has 0 saturated heterocycles. The van der Waals surface area contributed by atoms with Crippen molar-refractivity contribution in [3.05, 3.63) is 65.7 Å². The van der Waals surface area contributed by atoms with Crippen LogP contribution in [0.3, 0.4) is 0 Å². The first-order valence-electron chi connectivity index (χ1n) is 8.05. The molecular weight excluding hydrogens is 284 g/mol. The molecule has 2 aromatic rings. The lowest BCUT2D eigenvalue weighted by molar-refractivity contribution is -0.122. The monoisotopic (exact) mass is 310 g/mol. The van der Waals surface area contributed by atoms with Crippen molar-refractivity contribution in [3.8, 4) is 0 Å². The van der Waals surface area contributed by atoms with E-state index < -0.39 is 0 Å². The second-order valence-corrected chi connectivity index (χ2v) is 6.98. The van der Waals surface area contributed by atoms with Crippen molar-refractivity contribution in [1.82, 2.24) is 5.32 Å². The number of carbonyl (C=O) groups is 1. The van der Waals surface area contributed by atoms with Crippen LogP contribution in [0.5, 0.6) is 0 Å². The highest BCUT2D eigenvalue weighted by Crippen LogP contribution is 2.32. The first-order valence-corrected chi connectivity index (χ1v) is 8.05. The highest BCUT2D eigenvalue weighted by molar-refractivity contribution is 5.77. The van der Waals surface area contributed by atoms with Crippen molar-refractivity contribution in [2.75, 3.05) is 5.73 Å². The fraction of sp³-hybridized carbons (Fsp3) is 0.350. The van der Waals surface area contributed by atoms with Gasteiger partial charge in [-0.15, -0.1) is 0 Å². The lowest BCUT2D eigenvalue weighted by Gasteiger charge is -2.32. The minimum atomic E-state index is -0.0528. The van der Waals surface area contributed by atoms with Gasteiger partial charge in [-0.25, -0.2) is 0 Å². The summed E-state index contributed by atoms with van der Waals surface area (Å²) in [6.45, 7) is 6.42. The molecule has 1 atom stereocenters. The van der Waals surface area contributed by atoms with E-state index in [9.17, 15) is 4.79 Å². The maximum Gasteiger partial charge on any atom is 0.220 e. The Labute approximate surface area is 138 Å². The Balaban J connectivity index is 2.03. The number of amides is 1. The molecule has 122 valence electrons. The van der Waals surface area contributed by atoms with Gasteiger partial charge in [-0.2, -0.15) is 0 Å². The molecule has 0 spiro atoms. The van der Waals surface area contributed by atoms with E-state index in [2.05, 4.69) is 38.2 Å². The number of anilines is 1. The van der Waals surface area contributed by atoms with E-state index in [1.54, 1.807) is 0 Å². The van der Waals surface area contributed by atoms with Gasteiger partial charge in [0.25, 0.3) is 0 Å². The van der Waals surface area contributed by atoms with Crippen LogP contribution >= 0.6 is 0 Å². The minimum absolute atomic E-state index is 0.00989. The summed E-state index contributed by atoms with van der Waals surface area (Å²) in [5, 5.41) is 3.18. The largest absolute Gasteiger partial charge is 0.399 e. The Morgan fingerprint density at radius 2 is 1.65 bits per heavy atom. The minimum Gasteiger partial charge on any atom is -0.399 e. The fourth-order valence-electron chi connectivity index (χ4n) is 2.69. The van der Waals surface area contributed by atoms with Gasteiger partial charge in [0.05, 0.1) is 6.04 Å². The van der Waals surface area contributed by atoms with Crippen LogP contribution in [0.25, 0.3) is 0 Å². The molecule has 0 aliphatic rings. The van der Waals surface area contributed by atoms with Gasteiger partial charge in [-0.05, 0) is 29.0 Å². The van der Waals surface area contributed by atoms with Crippen molar-refractivity contribution in [1.29, 1.82) is 0 Å². The Hall–Kier alpha value is -2.29. The number of benzene rings is 2. The maximum absolute atomic E-state index is 12.4. The predicted molar refractivity (Wildman–Crippen MR) is 96.0 cm³/mol. The number of carbonyl (C=O) groups excluding carboxylic acids is 1. The first-order chi connectivity index (χ1) is 10.9. The zero-order valence-electron chi connectivity index (χ0n) is 14.2. The SMILES string of the molecule is CC(C)(C)C(NC(=O)CCc1ccccc1N)c1ccccc1. The number of hydrogen-bond acceptors (Lipinski definition) is 2. The summed E-state index contributed by atoms with van der Waals surface area (Å²) >= 11 is 0. The quantitative estimate of drug-likeness (QED) is 0.817. The van der Waals surface area contributed by atoms with E-state index in [0.29, 0.717) is 12.8 Å². The highest BCUT2D eigenvalue weighted by Gasteiger charge is 2.27. The molecule has 0 aromatic heterocycles. The van der Waals surface area contributed by atoms with Gasteiger partial charge in [-0.1, -0.05) is 69.3 Å². The molecule has 0 radical (unpaired) electrons. The lowest BCUT2D eigenvalue weighted by Crippen LogP contribution is -2.36. The molecule has 0 heterocycles. The van der Waals surface area contributed by atoms with E-state index in [1.807, 2.05) is 42.5 Å². The summed E-state index contributed by atoms with van der Waals surface area (Å²) < 4.78 is 0. The van der Waals surface area contributed by atoms with Crippen LogP contribution in [0.1, 0.15) is 44.4 Å². The maximum atomic E-state index is 12.4. The normalized spacial score (nSPS) is 12.7. The van der Waals surface area contributed by atoms with Gasteiger partial charge >= 0.3 is 0 Å².